The van der Waals surface area contributed by atoms with Gasteiger partial charge in [-0.05, 0) is 43.2 Å². The second-order valence-corrected chi connectivity index (χ2v) is 4.70. The van der Waals surface area contributed by atoms with Gasteiger partial charge in [-0.15, -0.1) is 6.58 Å². The van der Waals surface area contributed by atoms with Gasteiger partial charge in [0.05, 0.1) is 5.56 Å². The number of likely N-dealkylation sites (N-methyl/N-ethyl adjacent to an activating group) is 1. The number of hydrogen-bond donors (Lipinski definition) is 2. The van der Waals surface area contributed by atoms with E-state index in [4.69, 9.17) is 5.11 Å². The maximum absolute atomic E-state index is 13.5. The Hall–Kier alpha value is -1.92. The first-order valence-corrected chi connectivity index (χ1v) is 6.75. The van der Waals surface area contributed by atoms with Gasteiger partial charge in [0.25, 0.3) is 0 Å². The second kappa shape index (κ2) is 8.51. The lowest BCUT2D eigenvalue weighted by Gasteiger charge is -2.09. The molecule has 1 rings (SSSR count). The van der Waals surface area contributed by atoms with Crippen molar-refractivity contribution in [1.82, 2.24) is 5.32 Å². The predicted molar refractivity (Wildman–Crippen MR) is 81.5 cm³/mol. The number of allylic oxidation sites excluding steroid dienone is 1. The number of hydrogen-bond acceptors (Lipinski definition) is 3. The first-order chi connectivity index (χ1) is 10.4. The average molecular weight is 312 g/mol. The van der Waals surface area contributed by atoms with Crippen LogP contribution in [0.25, 0.3) is 0 Å². The van der Waals surface area contributed by atoms with E-state index in [2.05, 4.69) is 16.9 Å². The summed E-state index contributed by atoms with van der Waals surface area (Å²) in [7, 11) is 1.81. The summed E-state index contributed by atoms with van der Waals surface area (Å²) >= 11 is 0. The predicted octanol–water partition coefficient (Wildman–Crippen LogP) is 3.36. The van der Waals surface area contributed by atoms with Crippen molar-refractivity contribution in [1.29, 1.82) is 0 Å². The molecule has 0 saturated carbocycles. The molecule has 0 saturated heterocycles. The number of benzene rings is 1. The largest absolute Gasteiger partial charge is 0.383 e. The van der Waals surface area contributed by atoms with Crippen molar-refractivity contribution < 1.29 is 18.3 Å². The standard InChI is InChI=1S/C16H19F3N2O/c1-3-4-5-13(9-20-2)11-21-10-12-6-7-14(15(17)8-12)16(18,19)22/h3,6-8,10-11,20,22H,1,4-5,9H2,2H3/b13-11-,21-10+. The summed E-state index contributed by atoms with van der Waals surface area (Å²) < 4.78 is 38.8. The van der Waals surface area contributed by atoms with E-state index in [1.54, 1.807) is 12.3 Å². The Morgan fingerprint density at radius 3 is 2.73 bits per heavy atom. The molecule has 6 heteroatoms. The highest BCUT2D eigenvalue weighted by molar-refractivity contribution is 5.80. The zero-order chi connectivity index (χ0) is 16.6. The summed E-state index contributed by atoms with van der Waals surface area (Å²) in [6, 6.07) is 3.01. The third-order valence-corrected chi connectivity index (χ3v) is 2.87. The van der Waals surface area contributed by atoms with E-state index in [0.29, 0.717) is 12.1 Å². The SMILES string of the molecule is C=CCC/C(=C/N=C/c1ccc(C(O)(F)F)c(F)c1)CNC. The third kappa shape index (κ3) is 5.83. The Bertz CT molecular complexity index is 563. The number of nitrogens with zero attached hydrogens (tertiary/aromatic N) is 1. The molecule has 0 bridgehead atoms. The lowest BCUT2D eigenvalue weighted by molar-refractivity contribution is -0.210. The molecule has 2 N–H and O–H groups in total. The molecule has 120 valence electrons. The van der Waals surface area contributed by atoms with Crippen LogP contribution in [0.2, 0.25) is 0 Å². The monoisotopic (exact) mass is 312 g/mol. The molecule has 22 heavy (non-hydrogen) atoms. The minimum Gasteiger partial charge on any atom is -0.332 e. The zero-order valence-corrected chi connectivity index (χ0v) is 12.3. The molecule has 0 aromatic heterocycles. The van der Waals surface area contributed by atoms with E-state index in [9.17, 15) is 13.2 Å². The number of rotatable bonds is 8. The Morgan fingerprint density at radius 1 is 1.45 bits per heavy atom. The molecule has 1 aromatic rings. The van der Waals surface area contributed by atoms with Crippen molar-refractivity contribution in [2.75, 3.05) is 13.6 Å². The fourth-order valence-corrected chi connectivity index (χ4v) is 1.80. The first kappa shape index (κ1) is 18.1. The summed E-state index contributed by atoms with van der Waals surface area (Å²) in [5, 5.41) is 11.5. The number of aliphatic hydroxyl groups is 1. The fourth-order valence-electron chi connectivity index (χ4n) is 1.80. The van der Waals surface area contributed by atoms with Crippen molar-refractivity contribution in [2.24, 2.45) is 4.99 Å². The van der Waals surface area contributed by atoms with Crippen molar-refractivity contribution in [3.8, 4) is 0 Å². The smallest absolute Gasteiger partial charge is 0.332 e. The summed E-state index contributed by atoms with van der Waals surface area (Å²) in [6.45, 7) is 4.31. The molecule has 0 heterocycles. The van der Waals surface area contributed by atoms with Crippen LogP contribution in [-0.2, 0) is 6.11 Å². The maximum atomic E-state index is 13.5. The Morgan fingerprint density at radius 2 is 2.18 bits per heavy atom. The van der Waals surface area contributed by atoms with E-state index < -0.39 is 17.5 Å². The van der Waals surface area contributed by atoms with Gasteiger partial charge in [0.2, 0.25) is 0 Å². The van der Waals surface area contributed by atoms with Gasteiger partial charge in [-0.1, -0.05) is 12.1 Å². The van der Waals surface area contributed by atoms with Crippen LogP contribution < -0.4 is 5.32 Å². The van der Waals surface area contributed by atoms with E-state index in [-0.39, 0.29) is 0 Å². The Kier molecular flexibility index (Phi) is 7.01. The molecule has 0 fully saturated rings. The summed E-state index contributed by atoms with van der Waals surface area (Å²) in [5.74, 6) is -1.18. The van der Waals surface area contributed by atoms with E-state index in [1.165, 1.54) is 12.3 Å². The van der Waals surface area contributed by atoms with Gasteiger partial charge in [-0.3, -0.25) is 4.99 Å². The van der Waals surface area contributed by atoms with Gasteiger partial charge in [0.1, 0.15) is 5.82 Å². The van der Waals surface area contributed by atoms with Crippen LogP contribution in [-0.4, -0.2) is 24.9 Å². The molecule has 1 aromatic carbocycles. The van der Waals surface area contributed by atoms with E-state index >= 15 is 0 Å². The molecule has 0 spiro atoms. The summed E-state index contributed by atoms with van der Waals surface area (Å²) in [5.41, 5.74) is 0.314. The number of nitrogens with one attached hydrogen (secondary N) is 1. The van der Waals surface area contributed by atoms with Crippen LogP contribution in [0.3, 0.4) is 0 Å². The van der Waals surface area contributed by atoms with Crippen LogP contribution in [0.4, 0.5) is 13.2 Å². The highest BCUT2D eigenvalue weighted by Gasteiger charge is 2.31. The van der Waals surface area contributed by atoms with Crippen LogP contribution in [0.15, 0.2) is 47.6 Å². The van der Waals surface area contributed by atoms with Gasteiger partial charge < -0.3 is 10.4 Å². The van der Waals surface area contributed by atoms with E-state index in [1.807, 2.05) is 7.05 Å². The van der Waals surface area contributed by atoms with Crippen LogP contribution in [0.1, 0.15) is 24.0 Å². The lowest BCUT2D eigenvalue weighted by Crippen LogP contribution is -2.13. The number of alkyl halides is 2. The zero-order valence-electron chi connectivity index (χ0n) is 12.3. The summed E-state index contributed by atoms with van der Waals surface area (Å²) in [6.07, 6.45) is 2.24. The van der Waals surface area contributed by atoms with Crippen LogP contribution in [0, 0.1) is 5.82 Å². The minimum atomic E-state index is -4.19. The fraction of sp³-hybridized carbons (Fsp3) is 0.312. The van der Waals surface area contributed by atoms with Gasteiger partial charge in [-0.25, -0.2) is 4.39 Å². The molecule has 0 aliphatic heterocycles. The highest BCUT2D eigenvalue weighted by atomic mass is 19.3. The Balaban J connectivity index is 2.85. The lowest BCUT2D eigenvalue weighted by atomic mass is 10.1. The average Bonchev–Trinajstić information content (AvgIpc) is 2.43. The molecule has 0 atom stereocenters. The maximum Gasteiger partial charge on any atom is 0.383 e. The Labute approximate surface area is 127 Å². The second-order valence-electron chi connectivity index (χ2n) is 4.70. The van der Waals surface area contributed by atoms with Crippen LogP contribution >= 0.6 is 0 Å². The quantitative estimate of drug-likeness (QED) is 0.571. The molecular weight excluding hydrogens is 293 g/mol. The van der Waals surface area contributed by atoms with Gasteiger partial charge >= 0.3 is 6.11 Å². The van der Waals surface area contributed by atoms with Crippen molar-refractivity contribution >= 4 is 6.21 Å². The molecule has 0 amide bonds. The van der Waals surface area contributed by atoms with E-state index in [0.717, 1.165) is 30.5 Å². The summed E-state index contributed by atoms with van der Waals surface area (Å²) in [4.78, 5) is 4.07. The van der Waals surface area contributed by atoms with Gasteiger partial charge in [0, 0.05) is 19.0 Å². The minimum absolute atomic E-state index is 0.328. The topological polar surface area (TPSA) is 44.6 Å². The molecule has 3 nitrogen and oxygen atoms in total. The van der Waals surface area contributed by atoms with Gasteiger partial charge in [0.15, 0.2) is 0 Å². The van der Waals surface area contributed by atoms with Crippen molar-refractivity contribution in [2.45, 2.75) is 19.0 Å². The number of aliphatic imine (C=N–C) groups is 1. The number of halogens is 3. The molecule has 0 aliphatic rings. The van der Waals surface area contributed by atoms with Crippen molar-refractivity contribution in [3.63, 3.8) is 0 Å². The molecular formula is C16H19F3N2O. The molecule has 0 aliphatic carbocycles. The highest BCUT2D eigenvalue weighted by Crippen LogP contribution is 2.26. The third-order valence-electron chi connectivity index (χ3n) is 2.87. The normalized spacial score (nSPS) is 12.9. The molecule has 0 unspecified atom stereocenters. The first-order valence-electron chi connectivity index (χ1n) is 6.75. The van der Waals surface area contributed by atoms with Gasteiger partial charge in [-0.2, -0.15) is 8.78 Å². The van der Waals surface area contributed by atoms with Crippen molar-refractivity contribution in [3.05, 3.63) is 59.6 Å². The molecule has 0 radical (unpaired) electrons. The van der Waals surface area contributed by atoms with Crippen LogP contribution in [0.5, 0.6) is 0 Å².